The number of rotatable bonds is 6. The summed E-state index contributed by atoms with van der Waals surface area (Å²) in [5, 5.41) is 0. The van der Waals surface area contributed by atoms with Crippen molar-refractivity contribution >= 4 is 21.6 Å². The Morgan fingerprint density at radius 3 is 2.23 bits per heavy atom. The molecule has 1 heterocycles. The van der Waals surface area contributed by atoms with Crippen LogP contribution in [-0.2, 0) is 16.6 Å². The Hall–Kier alpha value is -3.16. The highest BCUT2D eigenvalue weighted by atomic mass is 32.2. The summed E-state index contributed by atoms with van der Waals surface area (Å²) in [5.41, 5.74) is 4.71. The molecule has 184 valence electrons. The van der Waals surface area contributed by atoms with Crippen molar-refractivity contribution in [1.82, 2.24) is 9.80 Å². The molecule has 0 aromatic heterocycles. The fourth-order valence-corrected chi connectivity index (χ4v) is 5.56. The molecule has 0 bridgehead atoms. The van der Waals surface area contributed by atoms with Crippen molar-refractivity contribution in [3.05, 3.63) is 95.1 Å². The molecule has 1 aliphatic rings. The Balaban J connectivity index is 1.40. The molecule has 4 rings (SSSR count). The van der Waals surface area contributed by atoms with E-state index < -0.39 is 10.0 Å². The minimum absolute atomic E-state index is 0.0154. The lowest BCUT2D eigenvalue weighted by Gasteiger charge is -2.23. The van der Waals surface area contributed by atoms with Gasteiger partial charge in [-0.1, -0.05) is 42.0 Å². The van der Waals surface area contributed by atoms with E-state index in [1.165, 1.54) is 22.5 Å². The van der Waals surface area contributed by atoms with E-state index in [0.717, 1.165) is 31.6 Å². The first-order valence-corrected chi connectivity index (χ1v) is 13.4. The van der Waals surface area contributed by atoms with Crippen LogP contribution in [0.4, 0.5) is 5.69 Å². The minimum Gasteiger partial charge on any atom is -0.337 e. The lowest BCUT2D eigenvalue weighted by atomic mass is 10.1. The number of hydrogen-bond donors (Lipinski definition) is 0. The normalized spacial score (nSPS) is 15.0. The highest BCUT2D eigenvalue weighted by Gasteiger charge is 2.23. The zero-order valence-electron chi connectivity index (χ0n) is 20.6. The fraction of sp³-hybridized carbons (Fsp3) is 0.321. The molecule has 0 radical (unpaired) electrons. The number of benzene rings is 3. The first-order chi connectivity index (χ1) is 16.8. The zero-order valence-corrected chi connectivity index (χ0v) is 21.5. The fourth-order valence-electron chi connectivity index (χ4n) is 4.36. The van der Waals surface area contributed by atoms with E-state index in [-0.39, 0.29) is 10.8 Å². The Morgan fingerprint density at radius 1 is 0.857 bits per heavy atom. The number of nitrogens with zero attached hydrogens (tertiary/aromatic N) is 3. The van der Waals surface area contributed by atoms with Crippen LogP contribution >= 0.6 is 0 Å². The molecular weight excluding hydrogens is 458 g/mol. The van der Waals surface area contributed by atoms with Gasteiger partial charge < -0.3 is 4.90 Å². The van der Waals surface area contributed by atoms with Crippen LogP contribution in [0.3, 0.4) is 0 Å². The van der Waals surface area contributed by atoms with Gasteiger partial charge in [0.25, 0.3) is 15.9 Å². The molecule has 0 atom stereocenters. The monoisotopic (exact) mass is 491 g/mol. The average Bonchev–Trinajstić information content (AvgIpc) is 3.10. The van der Waals surface area contributed by atoms with Gasteiger partial charge in [-0.25, -0.2) is 8.42 Å². The maximum Gasteiger partial charge on any atom is 0.264 e. The lowest BCUT2D eigenvalue weighted by molar-refractivity contribution is 0.0761. The van der Waals surface area contributed by atoms with Gasteiger partial charge in [-0.3, -0.25) is 14.0 Å². The van der Waals surface area contributed by atoms with E-state index in [2.05, 4.69) is 36.1 Å². The number of sulfonamides is 1. The highest BCUT2D eigenvalue weighted by molar-refractivity contribution is 7.92. The molecule has 0 N–H and O–H groups in total. The quantitative estimate of drug-likeness (QED) is 0.510. The van der Waals surface area contributed by atoms with Crippen molar-refractivity contribution in [2.75, 3.05) is 37.5 Å². The van der Waals surface area contributed by atoms with Crippen LogP contribution in [0.15, 0.2) is 77.7 Å². The molecule has 35 heavy (non-hydrogen) atoms. The van der Waals surface area contributed by atoms with Gasteiger partial charge in [0, 0.05) is 45.3 Å². The molecule has 1 aliphatic heterocycles. The Bertz CT molecular complexity index is 1270. The number of anilines is 1. The van der Waals surface area contributed by atoms with E-state index in [9.17, 15) is 13.2 Å². The van der Waals surface area contributed by atoms with E-state index in [0.29, 0.717) is 24.3 Å². The second-order valence-electron chi connectivity index (χ2n) is 9.18. The average molecular weight is 492 g/mol. The van der Waals surface area contributed by atoms with Crippen LogP contribution in [0.1, 0.15) is 33.5 Å². The van der Waals surface area contributed by atoms with Crippen molar-refractivity contribution in [1.29, 1.82) is 0 Å². The Morgan fingerprint density at radius 2 is 1.54 bits per heavy atom. The zero-order chi connectivity index (χ0) is 25.0. The molecule has 0 aliphatic carbocycles. The molecule has 0 spiro atoms. The van der Waals surface area contributed by atoms with Gasteiger partial charge in [-0.15, -0.1) is 0 Å². The smallest absolute Gasteiger partial charge is 0.264 e. The van der Waals surface area contributed by atoms with Crippen LogP contribution in [0.5, 0.6) is 0 Å². The summed E-state index contributed by atoms with van der Waals surface area (Å²) in [6, 6.07) is 22.0. The minimum atomic E-state index is -3.67. The van der Waals surface area contributed by atoms with Crippen LogP contribution in [-0.4, -0.2) is 57.4 Å². The summed E-state index contributed by atoms with van der Waals surface area (Å²) in [6.45, 7) is 8.12. The van der Waals surface area contributed by atoms with Crippen molar-refractivity contribution in [2.24, 2.45) is 0 Å². The van der Waals surface area contributed by atoms with Crippen molar-refractivity contribution in [3.63, 3.8) is 0 Å². The standard InChI is InChI=1S/C28H33N3O3S/c1-22-9-15-27(16-10-22)35(33,34)29(3)26-13-11-24(12-14-26)28(32)31-18-6-17-30(19-20-31)21-25-8-5-4-7-23(25)2/h4-5,7-16H,6,17-21H2,1-3H3. The summed E-state index contributed by atoms with van der Waals surface area (Å²) in [5.74, 6) is -0.0154. The first-order valence-electron chi connectivity index (χ1n) is 12.0. The lowest BCUT2D eigenvalue weighted by Crippen LogP contribution is -2.35. The molecule has 0 saturated carbocycles. The van der Waals surface area contributed by atoms with Crippen LogP contribution in [0.2, 0.25) is 0 Å². The van der Waals surface area contributed by atoms with Crippen LogP contribution in [0.25, 0.3) is 0 Å². The van der Waals surface area contributed by atoms with Gasteiger partial charge in [0.05, 0.1) is 10.6 Å². The van der Waals surface area contributed by atoms with E-state index in [1.54, 1.807) is 48.5 Å². The molecule has 0 unspecified atom stereocenters. The molecule has 1 saturated heterocycles. The van der Waals surface area contributed by atoms with Crippen molar-refractivity contribution < 1.29 is 13.2 Å². The van der Waals surface area contributed by atoms with Crippen LogP contribution in [0, 0.1) is 13.8 Å². The van der Waals surface area contributed by atoms with E-state index >= 15 is 0 Å². The summed E-state index contributed by atoms with van der Waals surface area (Å²) in [7, 11) is -2.14. The molecule has 3 aromatic rings. The number of carbonyl (C=O) groups excluding carboxylic acids is 1. The van der Waals surface area contributed by atoms with Crippen molar-refractivity contribution in [3.8, 4) is 0 Å². The first kappa shape index (κ1) is 24.9. The van der Waals surface area contributed by atoms with E-state index in [4.69, 9.17) is 0 Å². The molecule has 1 fully saturated rings. The summed E-state index contributed by atoms with van der Waals surface area (Å²) < 4.78 is 27.2. The third kappa shape index (κ3) is 5.74. The predicted molar refractivity (Wildman–Crippen MR) is 140 cm³/mol. The van der Waals surface area contributed by atoms with E-state index in [1.807, 2.05) is 11.8 Å². The Kier molecular flexibility index (Phi) is 7.57. The molecule has 1 amide bonds. The van der Waals surface area contributed by atoms with Gasteiger partial charge in [-0.05, 0) is 67.8 Å². The third-order valence-corrected chi connectivity index (χ3v) is 8.49. The van der Waals surface area contributed by atoms with Gasteiger partial charge in [0.1, 0.15) is 0 Å². The van der Waals surface area contributed by atoms with Gasteiger partial charge in [-0.2, -0.15) is 0 Å². The number of amides is 1. The number of hydrogen-bond acceptors (Lipinski definition) is 4. The van der Waals surface area contributed by atoms with Gasteiger partial charge in [0.2, 0.25) is 0 Å². The maximum absolute atomic E-state index is 13.2. The predicted octanol–water partition coefficient (Wildman–Crippen LogP) is 4.48. The Labute approximate surface area is 208 Å². The molecule has 6 nitrogen and oxygen atoms in total. The second-order valence-corrected chi connectivity index (χ2v) is 11.2. The van der Waals surface area contributed by atoms with Crippen LogP contribution < -0.4 is 4.31 Å². The summed E-state index contributed by atoms with van der Waals surface area (Å²) >= 11 is 0. The van der Waals surface area contributed by atoms with Crippen molar-refractivity contribution in [2.45, 2.75) is 31.7 Å². The topological polar surface area (TPSA) is 60.9 Å². The number of aryl methyl sites for hydroxylation is 2. The molecule has 7 heteroatoms. The largest absolute Gasteiger partial charge is 0.337 e. The summed E-state index contributed by atoms with van der Waals surface area (Å²) in [4.78, 5) is 17.7. The summed E-state index contributed by atoms with van der Waals surface area (Å²) in [6.07, 6.45) is 0.924. The third-order valence-electron chi connectivity index (χ3n) is 6.69. The molecular formula is C28H33N3O3S. The SMILES string of the molecule is Cc1ccc(S(=O)(=O)N(C)c2ccc(C(=O)N3CCCN(Cc4ccccc4C)CC3)cc2)cc1. The van der Waals surface area contributed by atoms with Gasteiger partial charge >= 0.3 is 0 Å². The number of carbonyl (C=O) groups is 1. The highest BCUT2D eigenvalue weighted by Crippen LogP contribution is 2.23. The van der Waals surface area contributed by atoms with Gasteiger partial charge in [0.15, 0.2) is 0 Å². The second kappa shape index (κ2) is 10.6. The molecule has 3 aromatic carbocycles. The maximum atomic E-state index is 13.2.